The first kappa shape index (κ1) is 19.7. The molecule has 2 heterocycles. The highest BCUT2D eigenvalue weighted by molar-refractivity contribution is 7.96. The van der Waals surface area contributed by atoms with Gasteiger partial charge in [-0.25, -0.2) is 8.42 Å². The van der Waals surface area contributed by atoms with Gasteiger partial charge in [-0.1, -0.05) is 25.1 Å². The topological polar surface area (TPSA) is 57.7 Å². The molecule has 1 fully saturated rings. The van der Waals surface area contributed by atoms with E-state index >= 15 is 0 Å². The number of anilines is 2. The van der Waals surface area contributed by atoms with Gasteiger partial charge in [0.25, 0.3) is 5.91 Å². The molecule has 0 radical (unpaired) electrons. The molecule has 0 saturated carbocycles. The summed E-state index contributed by atoms with van der Waals surface area (Å²) >= 11 is 0. The molecule has 0 bridgehead atoms. The van der Waals surface area contributed by atoms with Crippen molar-refractivity contribution in [3.8, 4) is 0 Å². The van der Waals surface area contributed by atoms with E-state index in [-0.39, 0.29) is 9.80 Å². The summed E-state index contributed by atoms with van der Waals surface area (Å²) in [6.07, 6.45) is 3.30. The second-order valence-electron chi connectivity index (χ2n) is 8.16. The minimum Gasteiger partial charge on any atom is -0.338 e. The third kappa shape index (κ3) is 3.57. The van der Waals surface area contributed by atoms with Gasteiger partial charge in [-0.2, -0.15) is 0 Å². The van der Waals surface area contributed by atoms with Crippen molar-refractivity contribution in [1.29, 1.82) is 0 Å². The van der Waals surface area contributed by atoms with Crippen molar-refractivity contribution >= 4 is 27.1 Å². The van der Waals surface area contributed by atoms with Gasteiger partial charge >= 0.3 is 0 Å². The van der Waals surface area contributed by atoms with Crippen molar-refractivity contribution in [2.24, 2.45) is 5.92 Å². The number of carbonyl (C=O) groups excluding carboxylic acids is 1. The van der Waals surface area contributed by atoms with Gasteiger partial charge in [0.05, 0.1) is 10.6 Å². The zero-order valence-electron chi connectivity index (χ0n) is 17.1. The third-order valence-corrected chi connectivity index (χ3v) is 7.50. The first-order chi connectivity index (χ1) is 13.8. The van der Waals surface area contributed by atoms with Crippen molar-refractivity contribution < 1.29 is 13.2 Å². The molecule has 152 valence electrons. The van der Waals surface area contributed by atoms with E-state index in [0.29, 0.717) is 24.7 Å². The van der Waals surface area contributed by atoms with Gasteiger partial charge in [0.2, 0.25) is 9.84 Å². The first-order valence-corrected chi connectivity index (χ1v) is 11.5. The third-order valence-electron chi connectivity index (χ3n) is 5.72. The maximum Gasteiger partial charge on any atom is 0.267 e. The summed E-state index contributed by atoms with van der Waals surface area (Å²) in [6, 6.07) is 13.0. The number of hydrogen-bond acceptors (Lipinski definition) is 4. The summed E-state index contributed by atoms with van der Waals surface area (Å²) in [7, 11) is -3.88. The van der Waals surface area contributed by atoms with Gasteiger partial charge in [0, 0.05) is 25.0 Å². The van der Waals surface area contributed by atoms with E-state index in [1.165, 1.54) is 6.20 Å². The van der Waals surface area contributed by atoms with Crippen LogP contribution >= 0.6 is 0 Å². The molecule has 2 aliphatic rings. The van der Waals surface area contributed by atoms with Crippen LogP contribution in [-0.2, 0) is 14.6 Å². The Balaban J connectivity index is 1.84. The average Bonchev–Trinajstić information content (AvgIpc) is 2.67. The Kier molecular flexibility index (Phi) is 4.99. The molecule has 0 aliphatic carbocycles. The monoisotopic (exact) mass is 410 g/mol. The molecule has 1 saturated heterocycles. The standard InChI is InChI=1S/C23H26N2O3S/c1-16-8-10-24(11-9-16)23(26)22-15-25(19-13-17(2)12-18(3)14-19)20-6-4-5-7-21(20)29(22,27)28/h4-7,12-16H,8-11H2,1-3H3. The molecule has 6 heteroatoms. The van der Waals surface area contributed by atoms with Crippen LogP contribution in [-0.4, -0.2) is 32.3 Å². The van der Waals surface area contributed by atoms with Gasteiger partial charge in [0.1, 0.15) is 0 Å². The molecule has 4 rings (SSSR count). The summed E-state index contributed by atoms with van der Waals surface area (Å²) in [5, 5.41) is 0. The number of rotatable bonds is 2. The smallest absolute Gasteiger partial charge is 0.267 e. The number of sulfone groups is 1. The number of para-hydroxylation sites is 1. The van der Waals surface area contributed by atoms with Crippen LogP contribution in [0, 0.1) is 19.8 Å². The Hall–Kier alpha value is -2.60. The lowest BCUT2D eigenvalue weighted by Crippen LogP contribution is -2.41. The van der Waals surface area contributed by atoms with E-state index in [0.717, 1.165) is 29.7 Å². The van der Waals surface area contributed by atoms with E-state index in [1.807, 2.05) is 36.9 Å². The predicted octanol–water partition coefficient (Wildman–Crippen LogP) is 4.33. The molecule has 5 nitrogen and oxygen atoms in total. The first-order valence-electron chi connectivity index (χ1n) is 10.00. The lowest BCUT2D eigenvalue weighted by Gasteiger charge is -2.34. The van der Waals surface area contributed by atoms with Crippen LogP contribution in [0.1, 0.15) is 30.9 Å². The van der Waals surface area contributed by atoms with E-state index in [9.17, 15) is 13.2 Å². The summed E-state index contributed by atoms with van der Waals surface area (Å²) < 4.78 is 26.6. The highest BCUT2D eigenvalue weighted by Crippen LogP contribution is 2.40. The quantitative estimate of drug-likeness (QED) is 0.739. The number of likely N-dealkylation sites (tertiary alicyclic amines) is 1. The van der Waals surface area contributed by atoms with Gasteiger partial charge in [-0.3, -0.25) is 4.79 Å². The Morgan fingerprint density at radius 1 is 1.00 bits per heavy atom. The molecule has 2 aliphatic heterocycles. The Bertz CT molecular complexity index is 1080. The van der Waals surface area contributed by atoms with Crippen LogP contribution in [0.25, 0.3) is 0 Å². The van der Waals surface area contributed by atoms with Gasteiger partial charge in [-0.15, -0.1) is 0 Å². The maximum absolute atomic E-state index is 13.3. The number of hydrogen-bond donors (Lipinski definition) is 0. The number of piperidine rings is 1. The zero-order valence-corrected chi connectivity index (χ0v) is 17.9. The van der Waals surface area contributed by atoms with Crippen molar-refractivity contribution in [1.82, 2.24) is 4.90 Å². The van der Waals surface area contributed by atoms with Crippen LogP contribution in [0.2, 0.25) is 0 Å². The van der Waals surface area contributed by atoms with Crippen LogP contribution in [0.3, 0.4) is 0 Å². The highest BCUT2D eigenvalue weighted by Gasteiger charge is 2.38. The van der Waals surface area contributed by atoms with Gasteiger partial charge in [-0.05, 0) is 68.0 Å². The summed E-state index contributed by atoms with van der Waals surface area (Å²) in [5.41, 5.74) is 3.58. The summed E-state index contributed by atoms with van der Waals surface area (Å²) in [4.78, 5) is 16.8. The second-order valence-corrected chi connectivity index (χ2v) is 10.0. The van der Waals surface area contributed by atoms with Crippen molar-refractivity contribution in [2.45, 2.75) is 38.5 Å². The number of fused-ring (bicyclic) bond motifs is 1. The van der Waals surface area contributed by atoms with E-state index < -0.39 is 15.7 Å². The lowest BCUT2D eigenvalue weighted by molar-refractivity contribution is -0.127. The van der Waals surface area contributed by atoms with Crippen LogP contribution in [0.4, 0.5) is 11.4 Å². The highest BCUT2D eigenvalue weighted by atomic mass is 32.2. The Morgan fingerprint density at radius 3 is 2.28 bits per heavy atom. The number of carbonyl (C=O) groups is 1. The normalized spacial score (nSPS) is 18.9. The van der Waals surface area contributed by atoms with E-state index in [1.54, 1.807) is 23.1 Å². The maximum atomic E-state index is 13.3. The lowest BCUT2D eigenvalue weighted by atomic mass is 9.99. The summed E-state index contributed by atoms with van der Waals surface area (Å²) in [5.74, 6) is 0.157. The number of aryl methyl sites for hydroxylation is 2. The molecule has 1 amide bonds. The fourth-order valence-corrected chi connectivity index (χ4v) is 5.64. The molecule has 0 aromatic heterocycles. The fraction of sp³-hybridized carbons (Fsp3) is 0.348. The predicted molar refractivity (Wildman–Crippen MR) is 115 cm³/mol. The molecule has 29 heavy (non-hydrogen) atoms. The second kappa shape index (κ2) is 7.34. The fourth-order valence-electron chi connectivity index (χ4n) is 4.10. The molecule has 0 unspecified atom stereocenters. The largest absolute Gasteiger partial charge is 0.338 e. The molecular weight excluding hydrogens is 384 g/mol. The average molecular weight is 411 g/mol. The van der Waals surface area contributed by atoms with Gasteiger partial charge < -0.3 is 9.80 Å². The Labute approximate surface area is 172 Å². The zero-order chi connectivity index (χ0) is 20.8. The molecular formula is C23H26N2O3S. The van der Waals surface area contributed by atoms with Crippen LogP contribution in [0.15, 0.2) is 58.5 Å². The van der Waals surface area contributed by atoms with Crippen LogP contribution < -0.4 is 4.90 Å². The molecule has 2 aromatic carbocycles. The summed E-state index contributed by atoms with van der Waals surface area (Å²) in [6.45, 7) is 7.37. The molecule has 0 spiro atoms. The minimum atomic E-state index is -3.88. The number of benzene rings is 2. The number of amides is 1. The van der Waals surface area contributed by atoms with Crippen LogP contribution in [0.5, 0.6) is 0 Å². The van der Waals surface area contributed by atoms with Gasteiger partial charge in [0.15, 0.2) is 4.91 Å². The van der Waals surface area contributed by atoms with Crippen molar-refractivity contribution in [3.05, 3.63) is 64.7 Å². The van der Waals surface area contributed by atoms with Crippen molar-refractivity contribution in [3.63, 3.8) is 0 Å². The minimum absolute atomic E-state index is 0.148. The Morgan fingerprint density at radius 2 is 1.62 bits per heavy atom. The number of nitrogens with zero attached hydrogens (tertiary/aromatic N) is 2. The molecule has 0 atom stereocenters. The van der Waals surface area contributed by atoms with Crippen molar-refractivity contribution in [2.75, 3.05) is 18.0 Å². The molecule has 0 N–H and O–H groups in total. The van der Waals surface area contributed by atoms with E-state index in [4.69, 9.17) is 0 Å². The SMILES string of the molecule is Cc1cc(C)cc(N2C=C(C(=O)N3CCC(C)CC3)S(=O)(=O)c3ccccc32)c1. The van der Waals surface area contributed by atoms with E-state index in [2.05, 4.69) is 13.0 Å². The molecule has 2 aromatic rings.